The fourth-order valence-electron chi connectivity index (χ4n) is 2.96. The van der Waals surface area contributed by atoms with Gasteiger partial charge in [0.15, 0.2) is 0 Å². The van der Waals surface area contributed by atoms with Crippen LogP contribution in [0, 0.1) is 29.1 Å². The van der Waals surface area contributed by atoms with Crippen LogP contribution in [0.25, 0.3) is 0 Å². The van der Waals surface area contributed by atoms with Crippen molar-refractivity contribution in [2.24, 2.45) is 17.8 Å². The summed E-state index contributed by atoms with van der Waals surface area (Å²) in [4.78, 5) is 12.1. The quantitative estimate of drug-likeness (QED) is 0.814. The predicted octanol–water partition coefficient (Wildman–Crippen LogP) is 3.26. The Morgan fingerprint density at radius 2 is 2.06 bits per heavy atom. The Labute approximate surface area is 111 Å². The third-order valence-corrected chi connectivity index (χ3v) is 4.05. The van der Waals surface area contributed by atoms with E-state index in [9.17, 15) is 4.79 Å². The molecule has 3 unspecified atom stereocenters. The van der Waals surface area contributed by atoms with Crippen molar-refractivity contribution >= 4 is 5.91 Å². The molecule has 1 rings (SSSR count). The summed E-state index contributed by atoms with van der Waals surface area (Å²) >= 11 is 0. The summed E-state index contributed by atoms with van der Waals surface area (Å²) < 4.78 is 0. The molecule has 1 N–H and O–H groups in total. The SMILES string of the molecule is CCCC(C#N)C(=O)NC1CCCCC1C(C)C. The van der Waals surface area contributed by atoms with E-state index in [1.165, 1.54) is 19.3 Å². The Kier molecular flexibility index (Phi) is 6.18. The van der Waals surface area contributed by atoms with E-state index >= 15 is 0 Å². The number of carbonyl (C=O) groups excluding carboxylic acids is 1. The number of nitrogens with zero attached hydrogens (tertiary/aromatic N) is 1. The molecule has 3 nitrogen and oxygen atoms in total. The van der Waals surface area contributed by atoms with Crippen molar-refractivity contribution in [3.8, 4) is 6.07 Å². The first kappa shape index (κ1) is 15.0. The van der Waals surface area contributed by atoms with E-state index in [2.05, 4.69) is 25.2 Å². The van der Waals surface area contributed by atoms with Crippen LogP contribution in [0.15, 0.2) is 0 Å². The standard InChI is InChI=1S/C15H26N2O/c1-4-7-12(10-16)15(18)17-14-9-6-5-8-13(14)11(2)3/h11-14H,4-9H2,1-3H3,(H,17,18). The number of hydrogen-bond donors (Lipinski definition) is 1. The van der Waals surface area contributed by atoms with E-state index < -0.39 is 5.92 Å². The smallest absolute Gasteiger partial charge is 0.237 e. The first-order valence-electron chi connectivity index (χ1n) is 7.30. The van der Waals surface area contributed by atoms with Gasteiger partial charge in [-0.15, -0.1) is 0 Å². The van der Waals surface area contributed by atoms with Gasteiger partial charge in [0.05, 0.1) is 6.07 Å². The van der Waals surface area contributed by atoms with Gasteiger partial charge >= 0.3 is 0 Å². The molecule has 3 atom stereocenters. The molecule has 1 saturated carbocycles. The van der Waals surface area contributed by atoms with Crippen LogP contribution in [-0.4, -0.2) is 11.9 Å². The molecule has 102 valence electrons. The van der Waals surface area contributed by atoms with Gasteiger partial charge < -0.3 is 5.32 Å². The Morgan fingerprint density at radius 3 is 2.61 bits per heavy atom. The van der Waals surface area contributed by atoms with E-state index in [1.54, 1.807) is 0 Å². The van der Waals surface area contributed by atoms with Crippen LogP contribution >= 0.6 is 0 Å². The predicted molar refractivity (Wildman–Crippen MR) is 72.7 cm³/mol. The van der Waals surface area contributed by atoms with Gasteiger partial charge in [-0.1, -0.05) is 40.0 Å². The van der Waals surface area contributed by atoms with Crippen molar-refractivity contribution in [2.75, 3.05) is 0 Å². The normalized spacial score (nSPS) is 25.5. The average Bonchev–Trinajstić information content (AvgIpc) is 2.36. The van der Waals surface area contributed by atoms with Crippen LogP contribution < -0.4 is 5.32 Å². The Balaban J connectivity index is 2.58. The van der Waals surface area contributed by atoms with Crippen molar-refractivity contribution in [2.45, 2.75) is 65.3 Å². The second kappa shape index (κ2) is 7.41. The largest absolute Gasteiger partial charge is 0.352 e. The first-order chi connectivity index (χ1) is 8.60. The lowest BCUT2D eigenvalue weighted by Gasteiger charge is -2.35. The highest BCUT2D eigenvalue weighted by Crippen LogP contribution is 2.30. The summed E-state index contributed by atoms with van der Waals surface area (Å²) in [5.41, 5.74) is 0. The van der Waals surface area contributed by atoms with Crippen molar-refractivity contribution in [3.63, 3.8) is 0 Å². The van der Waals surface area contributed by atoms with Crippen molar-refractivity contribution in [3.05, 3.63) is 0 Å². The van der Waals surface area contributed by atoms with Gasteiger partial charge in [-0.3, -0.25) is 4.79 Å². The number of amides is 1. The molecule has 0 aromatic carbocycles. The van der Waals surface area contributed by atoms with Gasteiger partial charge in [-0.2, -0.15) is 5.26 Å². The minimum atomic E-state index is -0.468. The summed E-state index contributed by atoms with van der Waals surface area (Å²) in [6, 6.07) is 2.40. The van der Waals surface area contributed by atoms with Gasteiger partial charge in [0, 0.05) is 6.04 Å². The minimum absolute atomic E-state index is 0.0584. The Hall–Kier alpha value is -1.04. The fourth-order valence-corrected chi connectivity index (χ4v) is 2.96. The molecule has 0 aromatic heterocycles. The van der Waals surface area contributed by atoms with Crippen LogP contribution in [0.4, 0.5) is 0 Å². The first-order valence-corrected chi connectivity index (χ1v) is 7.30. The van der Waals surface area contributed by atoms with Gasteiger partial charge in [0.1, 0.15) is 5.92 Å². The zero-order chi connectivity index (χ0) is 13.5. The Bertz CT molecular complexity index is 306. The number of hydrogen-bond acceptors (Lipinski definition) is 2. The molecule has 0 aliphatic heterocycles. The molecular weight excluding hydrogens is 224 g/mol. The molecule has 0 aromatic rings. The number of nitriles is 1. The molecule has 1 fully saturated rings. The maximum absolute atomic E-state index is 12.1. The van der Waals surface area contributed by atoms with E-state index in [0.717, 1.165) is 12.8 Å². The third kappa shape index (κ3) is 4.01. The van der Waals surface area contributed by atoms with Crippen molar-refractivity contribution in [1.29, 1.82) is 5.26 Å². The molecule has 1 amide bonds. The van der Waals surface area contributed by atoms with Gasteiger partial charge in [0.25, 0.3) is 0 Å². The topological polar surface area (TPSA) is 52.9 Å². The Morgan fingerprint density at radius 1 is 1.39 bits per heavy atom. The van der Waals surface area contributed by atoms with Crippen LogP contribution in [0.2, 0.25) is 0 Å². The van der Waals surface area contributed by atoms with Crippen LogP contribution in [0.1, 0.15) is 59.3 Å². The molecule has 1 aliphatic rings. The van der Waals surface area contributed by atoms with E-state index in [4.69, 9.17) is 5.26 Å². The molecule has 0 spiro atoms. The molecule has 0 radical (unpaired) electrons. The second-order valence-electron chi connectivity index (χ2n) is 5.78. The third-order valence-electron chi connectivity index (χ3n) is 4.05. The molecular formula is C15H26N2O. The molecule has 3 heteroatoms. The summed E-state index contributed by atoms with van der Waals surface area (Å²) in [5, 5.41) is 12.1. The van der Waals surface area contributed by atoms with E-state index in [0.29, 0.717) is 18.3 Å². The lowest BCUT2D eigenvalue weighted by atomic mass is 9.77. The monoisotopic (exact) mass is 250 g/mol. The van der Waals surface area contributed by atoms with Crippen molar-refractivity contribution < 1.29 is 4.79 Å². The summed E-state index contributed by atoms with van der Waals surface area (Å²) in [6.45, 7) is 6.46. The molecule has 0 bridgehead atoms. The van der Waals surface area contributed by atoms with E-state index in [1.807, 2.05) is 6.92 Å². The second-order valence-corrected chi connectivity index (χ2v) is 5.78. The zero-order valence-electron chi connectivity index (χ0n) is 11.9. The summed E-state index contributed by atoms with van der Waals surface area (Å²) in [5.74, 6) is 0.646. The summed E-state index contributed by atoms with van der Waals surface area (Å²) in [6.07, 6.45) is 6.28. The number of rotatable bonds is 5. The number of carbonyl (C=O) groups is 1. The fraction of sp³-hybridized carbons (Fsp3) is 0.867. The maximum Gasteiger partial charge on any atom is 0.237 e. The lowest BCUT2D eigenvalue weighted by molar-refractivity contribution is -0.125. The van der Waals surface area contributed by atoms with Crippen LogP contribution in [0.3, 0.4) is 0 Å². The highest BCUT2D eigenvalue weighted by atomic mass is 16.1. The molecule has 0 saturated heterocycles. The van der Waals surface area contributed by atoms with Crippen LogP contribution in [-0.2, 0) is 4.79 Å². The van der Waals surface area contributed by atoms with Gasteiger partial charge in [-0.25, -0.2) is 0 Å². The van der Waals surface area contributed by atoms with E-state index in [-0.39, 0.29) is 11.9 Å². The average molecular weight is 250 g/mol. The summed E-state index contributed by atoms with van der Waals surface area (Å²) in [7, 11) is 0. The van der Waals surface area contributed by atoms with Crippen LogP contribution in [0.5, 0.6) is 0 Å². The van der Waals surface area contributed by atoms with Crippen molar-refractivity contribution in [1.82, 2.24) is 5.32 Å². The maximum atomic E-state index is 12.1. The molecule has 0 heterocycles. The van der Waals surface area contributed by atoms with Gasteiger partial charge in [-0.05, 0) is 31.1 Å². The molecule has 18 heavy (non-hydrogen) atoms. The lowest BCUT2D eigenvalue weighted by Crippen LogP contribution is -2.46. The minimum Gasteiger partial charge on any atom is -0.352 e. The van der Waals surface area contributed by atoms with Gasteiger partial charge in [0.2, 0.25) is 5.91 Å². The number of nitrogens with one attached hydrogen (secondary N) is 1. The zero-order valence-corrected chi connectivity index (χ0v) is 11.9. The molecule has 1 aliphatic carbocycles. The highest BCUT2D eigenvalue weighted by Gasteiger charge is 2.30. The highest BCUT2D eigenvalue weighted by molar-refractivity contribution is 5.81.